The third-order valence-corrected chi connectivity index (χ3v) is 3.41. The number of halogens is 1. The molecule has 2 heterocycles. The van der Waals surface area contributed by atoms with Crippen molar-refractivity contribution in [3.05, 3.63) is 83.3 Å². The maximum absolute atomic E-state index is 13.2. The molecular formula is C18H15FN4O. The fourth-order valence-corrected chi connectivity index (χ4v) is 2.18. The van der Waals surface area contributed by atoms with Crippen LogP contribution in [0.4, 0.5) is 10.2 Å². The molecule has 0 fully saturated rings. The standard InChI is InChI=1S/C18H15FN4O/c1-12-20-10-15(11-21-12)18(24)23-17-6-5-14(9-22-17)7-13-3-2-4-16(19)8-13/h2-6,8-11H,7H2,1H3,(H,22,23,24). The number of anilines is 1. The largest absolute Gasteiger partial charge is 0.306 e. The van der Waals surface area contributed by atoms with Crippen LogP contribution in [0.5, 0.6) is 0 Å². The van der Waals surface area contributed by atoms with E-state index in [0.717, 1.165) is 11.1 Å². The molecule has 1 aromatic carbocycles. The molecule has 0 aliphatic carbocycles. The molecule has 0 aliphatic heterocycles. The summed E-state index contributed by atoms with van der Waals surface area (Å²) in [7, 11) is 0. The number of aryl methyl sites for hydroxylation is 1. The van der Waals surface area contributed by atoms with Gasteiger partial charge in [0, 0.05) is 18.6 Å². The second kappa shape index (κ2) is 6.95. The van der Waals surface area contributed by atoms with Crippen molar-refractivity contribution < 1.29 is 9.18 Å². The smallest absolute Gasteiger partial charge is 0.259 e. The maximum Gasteiger partial charge on any atom is 0.259 e. The Labute approximate surface area is 138 Å². The number of amides is 1. The summed E-state index contributed by atoms with van der Waals surface area (Å²) in [5.41, 5.74) is 2.16. The minimum absolute atomic E-state index is 0.260. The van der Waals surface area contributed by atoms with Gasteiger partial charge in [-0.3, -0.25) is 4.79 Å². The van der Waals surface area contributed by atoms with Crippen molar-refractivity contribution in [1.29, 1.82) is 0 Å². The second-order valence-corrected chi connectivity index (χ2v) is 5.33. The van der Waals surface area contributed by atoms with Crippen molar-refractivity contribution in [3.63, 3.8) is 0 Å². The van der Waals surface area contributed by atoms with E-state index in [2.05, 4.69) is 20.3 Å². The van der Waals surface area contributed by atoms with Gasteiger partial charge in [-0.1, -0.05) is 18.2 Å². The molecule has 0 saturated carbocycles. The molecule has 24 heavy (non-hydrogen) atoms. The molecule has 0 saturated heterocycles. The molecule has 0 atom stereocenters. The van der Waals surface area contributed by atoms with Gasteiger partial charge in [-0.2, -0.15) is 0 Å². The van der Waals surface area contributed by atoms with E-state index in [1.165, 1.54) is 24.5 Å². The van der Waals surface area contributed by atoms with Gasteiger partial charge in [-0.25, -0.2) is 19.3 Å². The lowest BCUT2D eigenvalue weighted by molar-refractivity contribution is 0.102. The summed E-state index contributed by atoms with van der Waals surface area (Å²) >= 11 is 0. The first-order valence-electron chi connectivity index (χ1n) is 7.39. The Morgan fingerprint density at radius 1 is 1.04 bits per heavy atom. The number of benzene rings is 1. The van der Waals surface area contributed by atoms with E-state index in [1.807, 2.05) is 12.1 Å². The maximum atomic E-state index is 13.2. The van der Waals surface area contributed by atoms with Gasteiger partial charge in [0.25, 0.3) is 5.91 Å². The van der Waals surface area contributed by atoms with Crippen LogP contribution in [0.1, 0.15) is 27.3 Å². The summed E-state index contributed by atoms with van der Waals surface area (Å²) < 4.78 is 13.2. The van der Waals surface area contributed by atoms with E-state index in [1.54, 1.807) is 25.3 Å². The Bertz CT molecular complexity index is 848. The highest BCUT2D eigenvalue weighted by atomic mass is 19.1. The zero-order chi connectivity index (χ0) is 16.9. The minimum atomic E-state index is -0.319. The van der Waals surface area contributed by atoms with Crippen LogP contribution in [0.15, 0.2) is 55.0 Å². The van der Waals surface area contributed by atoms with Crippen LogP contribution in [0.25, 0.3) is 0 Å². The molecule has 2 aromatic heterocycles. The number of pyridine rings is 1. The highest BCUT2D eigenvalue weighted by Crippen LogP contribution is 2.12. The van der Waals surface area contributed by atoms with Crippen LogP contribution in [0.3, 0.4) is 0 Å². The highest BCUT2D eigenvalue weighted by molar-refractivity contribution is 6.03. The zero-order valence-corrected chi connectivity index (χ0v) is 13.0. The number of carbonyl (C=O) groups excluding carboxylic acids is 1. The van der Waals surface area contributed by atoms with Crippen LogP contribution in [-0.2, 0) is 6.42 Å². The molecule has 1 amide bonds. The average Bonchev–Trinajstić information content (AvgIpc) is 2.57. The van der Waals surface area contributed by atoms with Crippen LogP contribution < -0.4 is 5.32 Å². The van der Waals surface area contributed by atoms with Crippen molar-refractivity contribution in [1.82, 2.24) is 15.0 Å². The van der Waals surface area contributed by atoms with E-state index in [9.17, 15) is 9.18 Å². The first-order valence-corrected chi connectivity index (χ1v) is 7.39. The summed E-state index contributed by atoms with van der Waals surface area (Å²) in [5, 5.41) is 2.69. The lowest BCUT2D eigenvalue weighted by atomic mass is 10.1. The molecule has 0 bridgehead atoms. The van der Waals surface area contributed by atoms with Gasteiger partial charge in [-0.05, 0) is 42.7 Å². The molecule has 6 heteroatoms. The molecule has 1 N–H and O–H groups in total. The van der Waals surface area contributed by atoms with E-state index in [0.29, 0.717) is 23.6 Å². The van der Waals surface area contributed by atoms with Crippen LogP contribution in [-0.4, -0.2) is 20.9 Å². The zero-order valence-electron chi connectivity index (χ0n) is 13.0. The van der Waals surface area contributed by atoms with Gasteiger partial charge in [0.1, 0.15) is 17.5 Å². The number of aromatic nitrogens is 3. The van der Waals surface area contributed by atoms with Crippen molar-refractivity contribution in [2.24, 2.45) is 0 Å². The number of hydrogen-bond donors (Lipinski definition) is 1. The Hall–Kier alpha value is -3.15. The Kier molecular flexibility index (Phi) is 4.56. The number of nitrogens with one attached hydrogen (secondary N) is 1. The van der Waals surface area contributed by atoms with E-state index >= 15 is 0 Å². The van der Waals surface area contributed by atoms with Gasteiger partial charge in [0.15, 0.2) is 0 Å². The lowest BCUT2D eigenvalue weighted by Gasteiger charge is -2.06. The van der Waals surface area contributed by atoms with Crippen LogP contribution in [0, 0.1) is 12.7 Å². The van der Waals surface area contributed by atoms with Crippen molar-refractivity contribution in [3.8, 4) is 0 Å². The van der Waals surface area contributed by atoms with Gasteiger partial charge in [-0.15, -0.1) is 0 Å². The van der Waals surface area contributed by atoms with Crippen molar-refractivity contribution in [2.75, 3.05) is 5.32 Å². The third kappa shape index (κ3) is 3.98. The van der Waals surface area contributed by atoms with Gasteiger partial charge < -0.3 is 5.32 Å². The fourth-order valence-electron chi connectivity index (χ4n) is 2.18. The molecular weight excluding hydrogens is 307 g/mol. The Morgan fingerprint density at radius 3 is 2.50 bits per heavy atom. The lowest BCUT2D eigenvalue weighted by Crippen LogP contribution is -2.13. The summed E-state index contributed by atoms with van der Waals surface area (Å²) in [6.45, 7) is 1.75. The van der Waals surface area contributed by atoms with Crippen molar-refractivity contribution >= 4 is 11.7 Å². The summed E-state index contributed by atoms with van der Waals surface area (Å²) in [6.07, 6.45) is 5.17. The quantitative estimate of drug-likeness (QED) is 0.801. The second-order valence-electron chi connectivity index (χ2n) is 5.33. The van der Waals surface area contributed by atoms with Crippen LogP contribution in [0.2, 0.25) is 0 Å². The fraction of sp³-hybridized carbons (Fsp3) is 0.111. The summed E-state index contributed by atoms with van der Waals surface area (Å²) in [4.78, 5) is 24.3. The number of hydrogen-bond acceptors (Lipinski definition) is 4. The minimum Gasteiger partial charge on any atom is -0.306 e. The molecule has 3 aromatic rings. The summed E-state index contributed by atoms with van der Waals surface area (Å²) in [5.74, 6) is 0.458. The van der Waals surface area contributed by atoms with E-state index in [-0.39, 0.29) is 11.7 Å². The molecule has 0 spiro atoms. The predicted octanol–water partition coefficient (Wildman–Crippen LogP) is 3.16. The third-order valence-electron chi connectivity index (χ3n) is 3.41. The van der Waals surface area contributed by atoms with Gasteiger partial charge in [0.05, 0.1) is 5.56 Å². The Morgan fingerprint density at radius 2 is 1.83 bits per heavy atom. The molecule has 0 aliphatic rings. The van der Waals surface area contributed by atoms with Crippen LogP contribution >= 0.6 is 0 Å². The molecule has 3 rings (SSSR count). The molecule has 120 valence electrons. The van der Waals surface area contributed by atoms with Gasteiger partial charge in [0.2, 0.25) is 0 Å². The molecule has 0 radical (unpaired) electrons. The monoisotopic (exact) mass is 322 g/mol. The van der Waals surface area contributed by atoms with E-state index < -0.39 is 0 Å². The molecule has 5 nitrogen and oxygen atoms in total. The van der Waals surface area contributed by atoms with Crippen molar-refractivity contribution in [2.45, 2.75) is 13.3 Å². The summed E-state index contributed by atoms with van der Waals surface area (Å²) in [6, 6.07) is 10.00. The number of rotatable bonds is 4. The SMILES string of the molecule is Cc1ncc(C(=O)Nc2ccc(Cc3cccc(F)c3)cn2)cn1. The highest BCUT2D eigenvalue weighted by Gasteiger charge is 2.08. The topological polar surface area (TPSA) is 67.8 Å². The van der Waals surface area contributed by atoms with E-state index in [4.69, 9.17) is 0 Å². The predicted molar refractivity (Wildman–Crippen MR) is 88.2 cm³/mol. The Balaban J connectivity index is 1.66. The molecule has 0 unspecified atom stereocenters. The first kappa shape index (κ1) is 15.7. The normalized spacial score (nSPS) is 10.4. The average molecular weight is 322 g/mol. The number of carbonyl (C=O) groups is 1. The first-order chi connectivity index (χ1) is 11.6. The number of nitrogens with zero attached hydrogens (tertiary/aromatic N) is 3. The van der Waals surface area contributed by atoms with Gasteiger partial charge >= 0.3 is 0 Å².